The zero-order valence-corrected chi connectivity index (χ0v) is 12.1. The summed E-state index contributed by atoms with van der Waals surface area (Å²) in [7, 11) is -3.80. The number of carboxylic acid groups (broad SMARTS) is 1. The van der Waals surface area contributed by atoms with Crippen LogP contribution in [0, 0.1) is 18.3 Å². The Bertz CT molecular complexity index is 708. The quantitative estimate of drug-likeness (QED) is 0.862. The lowest BCUT2D eigenvalue weighted by molar-refractivity contribution is -0.153. The first-order valence-corrected chi connectivity index (χ1v) is 7.65. The summed E-state index contributed by atoms with van der Waals surface area (Å²) in [6.45, 7) is 1.51. The molecule has 2 rings (SSSR count). The van der Waals surface area contributed by atoms with Crippen LogP contribution in [0.3, 0.4) is 0 Å². The van der Waals surface area contributed by atoms with Crippen molar-refractivity contribution in [1.29, 1.82) is 5.26 Å². The van der Waals surface area contributed by atoms with E-state index in [9.17, 15) is 13.2 Å². The summed E-state index contributed by atoms with van der Waals surface area (Å²) in [6.07, 6.45) is -1.16. The molecule has 1 atom stereocenters. The molecule has 0 aliphatic carbocycles. The SMILES string of the molecule is Cc1cc(C#N)ccc1S(=O)(=O)N1CCOC(C(=O)O)C1. The number of hydrogen-bond acceptors (Lipinski definition) is 5. The van der Waals surface area contributed by atoms with Gasteiger partial charge in [0.1, 0.15) is 0 Å². The molecule has 1 N–H and O–H groups in total. The van der Waals surface area contributed by atoms with Crippen LogP contribution in [0.2, 0.25) is 0 Å². The van der Waals surface area contributed by atoms with E-state index in [1.807, 2.05) is 6.07 Å². The fraction of sp³-hybridized carbons (Fsp3) is 0.385. The number of sulfonamides is 1. The van der Waals surface area contributed by atoms with Crippen molar-refractivity contribution in [3.8, 4) is 6.07 Å². The van der Waals surface area contributed by atoms with E-state index in [2.05, 4.69) is 0 Å². The molecule has 1 aromatic carbocycles. The van der Waals surface area contributed by atoms with Crippen molar-refractivity contribution in [2.24, 2.45) is 0 Å². The number of aliphatic carboxylic acids is 1. The highest BCUT2D eigenvalue weighted by Gasteiger charge is 2.34. The van der Waals surface area contributed by atoms with Crippen LogP contribution in [0.4, 0.5) is 0 Å². The van der Waals surface area contributed by atoms with Gasteiger partial charge in [-0.25, -0.2) is 13.2 Å². The second-order valence-electron chi connectivity index (χ2n) is 4.65. The molecule has 1 fully saturated rings. The highest BCUT2D eigenvalue weighted by Crippen LogP contribution is 2.22. The number of carboxylic acids is 1. The number of aryl methyl sites for hydroxylation is 1. The number of benzene rings is 1. The lowest BCUT2D eigenvalue weighted by atomic mass is 10.2. The first-order valence-electron chi connectivity index (χ1n) is 6.21. The molecule has 1 unspecified atom stereocenters. The average Bonchev–Trinajstić information content (AvgIpc) is 2.46. The molecule has 1 aliphatic rings. The lowest BCUT2D eigenvalue weighted by Crippen LogP contribution is -2.48. The summed E-state index contributed by atoms with van der Waals surface area (Å²) in [5.74, 6) is -1.19. The van der Waals surface area contributed by atoms with E-state index in [1.54, 1.807) is 6.92 Å². The minimum absolute atomic E-state index is 0.0333. The molecule has 1 saturated heterocycles. The molecule has 1 heterocycles. The van der Waals surface area contributed by atoms with Crippen LogP contribution in [-0.2, 0) is 19.6 Å². The average molecular weight is 310 g/mol. The van der Waals surface area contributed by atoms with Gasteiger partial charge in [0.25, 0.3) is 0 Å². The predicted octanol–water partition coefficient (Wildman–Crippen LogP) is 0.341. The Morgan fingerprint density at radius 2 is 2.24 bits per heavy atom. The maximum Gasteiger partial charge on any atom is 0.334 e. The Labute approximate surface area is 122 Å². The lowest BCUT2D eigenvalue weighted by Gasteiger charge is -2.30. The number of carbonyl (C=O) groups is 1. The van der Waals surface area contributed by atoms with Crippen LogP contribution < -0.4 is 0 Å². The second-order valence-corrected chi connectivity index (χ2v) is 6.56. The van der Waals surface area contributed by atoms with Gasteiger partial charge in [0, 0.05) is 6.54 Å². The van der Waals surface area contributed by atoms with E-state index in [-0.39, 0.29) is 24.6 Å². The van der Waals surface area contributed by atoms with E-state index < -0.39 is 22.1 Å². The van der Waals surface area contributed by atoms with Crippen molar-refractivity contribution in [2.75, 3.05) is 19.7 Å². The van der Waals surface area contributed by atoms with Gasteiger partial charge in [0.05, 0.1) is 29.7 Å². The fourth-order valence-electron chi connectivity index (χ4n) is 2.14. The Kier molecular flexibility index (Phi) is 4.27. The number of rotatable bonds is 3. The minimum atomic E-state index is -3.80. The van der Waals surface area contributed by atoms with Crippen molar-refractivity contribution in [1.82, 2.24) is 4.31 Å². The normalized spacial score (nSPS) is 19.9. The molecule has 0 aromatic heterocycles. The van der Waals surface area contributed by atoms with Gasteiger partial charge in [-0.2, -0.15) is 9.57 Å². The maximum absolute atomic E-state index is 12.6. The molecule has 8 heteroatoms. The van der Waals surface area contributed by atoms with Crippen molar-refractivity contribution in [3.05, 3.63) is 29.3 Å². The number of nitriles is 1. The highest BCUT2D eigenvalue weighted by atomic mass is 32.2. The molecule has 0 amide bonds. The Hall–Kier alpha value is -1.95. The molecule has 0 radical (unpaired) electrons. The van der Waals surface area contributed by atoms with E-state index >= 15 is 0 Å². The molecular formula is C13H14N2O5S. The summed E-state index contributed by atoms with van der Waals surface area (Å²) in [4.78, 5) is 11.0. The second kappa shape index (κ2) is 5.81. The number of nitrogens with zero attached hydrogens (tertiary/aromatic N) is 2. The van der Waals surface area contributed by atoms with Crippen LogP contribution >= 0.6 is 0 Å². The monoisotopic (exact) mass is 310 g/mol. The van der Waals surface area contributed by atoms with Crippen molar-refractivity contribution < 1.29 is 23.1 Å². The van der Waals surface area contributed by atoms with E-state index in [1.165, 1.54) is 18.2 Å². The standard InChI is InChI=1S/C13H14N2O5S/c1-9-6-10(7-14)2-3-12(9)21(18,19)15-4-5-20-11(8-15)13(16)17/h2-3,6,11H,4-5,8H2,1H3,(H,16,17). The van der Waals surface area contributed by atoms with Gasteiger partial charge < -0.3 is 9.84 Å². The molecule has 21 heavy (non-hydrogen) atoms. The molecule has 1 aromatic rings. The molecular weight excluding hydrogens is 296 g/mol. The van der Waals surface area contributed by atoms with Crippen molar-refractivity contribution in [2.45, 2.75) is 17.9 Å². The van der Waals surface area contributed by atoms with E-state index in [0.29, 0.717) is 11.1 Å². The van der Waals surface area contributed by atoms with Crippen molar-refractivity contribution in [3.63, 3.8) is 0 Å². The minimum Gasteiger partial charge on any atom is -0.479 e. The predicted molar refractivity (Wildman–Crippen MR) is 72.0 cm³/mol. The van der Waals surface area contributed by atoms with Gasteiger partial charge in [-0.3, -0.25) is 0 Å². The van der Waals surface area contributed by atoms with Crippen LogP contribution in [-0.4, -0.2) is 49.6 Å². The molecule has 112 valence electrons. The molecule has 0 spiro atoms. The highest BCUT2D eigenvalue weighted by molar-refractivity contribution is 7.89. The smallest absolute Gasteiger partial charge is 0.334 e. The number of morpholine rings is 1. The number of ether oxygens (including phenoxy) is 1. The van der Waals surface area contributed by atoms with Crippen LogP contribution in [0.15, 0.2) is 23.1 Å². The van der Waals surface area contributed by atoms with Crippen molar-refractivity contribution >= 4 is 16.0 Å². The maximum atomic E-state index is 12.6. The van der Waals surface area contributed by atoms with Crippen LogP contribution in [0.5, 0.6) is 0 Å². The molecule has 0 bridgehead atoms. The summed E-state index contributed by atoms with van der Waals surface area (Å²) < 4.78 is 31.3. The van der Waals surface area contributed by atoms with Gasteiger partial charge >= 0.3 is 5.97 Å². The third-order valence-electron chi connectivity index (χ3n) is 3.23. The van der Waals surface area contributed by atoms with Gasteiger partial charge in [-0.05, 0) is 30.7 Å². The Morgan fingerprint density at radius 1 is 1.52 bits per heavy atom. The third-order valence-corrected chi connectivity index (χ3v) is 5.25. The van der Waals surface area contributed by atoms with Gasteiger partial charge in [0.15, 0.2) is 6.10 Å². The molecule has 0 saturated carbocycles. The van der Waals surface area contributed by atoms with E-state index in [0.717, 1.165) is 4.31 Å². The Balaban J connectivity index is 2.34. The summed E-state index contributed by atoms with van der Waals surface area (Å²) in [5.41, 5.74) is 0.823. The zero-order valence-electron chi connectivity index (χ0n) is 11.3. The van der Waals surface area contributed by atoms with Gasteiger partial charge in [0.2, 0.25) is 10.0 Å². The van der Waals surface area contributed by atoms with Crippen LogP contribution in [0.1, 0.15) is 11.1 Å². The first kappa shape index (κ1) is 15.4. The fourth-order valence-corrected chi connectivity index (χ4v) is 3.77. The topological polar surface area (TPSA) is 108 Å². The molecule has 1 aliphatic heterocycles. The van der Waals surface area contributed by atoms with Gasteiger partial charge in [-0.15, -0.1) is 0 Å². The van der Waals surface area contributed by atoms with E-state index in [4.69, 9.17) is 15.1 Å². The summed E-state index contributed by atoms with van der Waals surface area (Å²) in [5, 5.41) is 17.7. The summed E-state index contributed by atoms with van der Waals surface area (Å²) >= 11 is 0. The first-order chi connectivity index (χ1) is 9.86. The zero-order chi connectivity index (χ0) is 15.6. The molecule has 7 nitrogen and oxygen atoms in total. The third kappa shape index (κ3) is 3.05. The summed E-state index contributed by atoms with van der Waals surface area (Å²) in [6, 6.07) is 6.23. The largest absolute Gasteiger partial charge is 0.479 e. The number of hydrogen-bond donors (Lipinski definition) is 1. The van der Waals surface area contributed by atoms with Gasteiger partial charge in [-0.1, -0.05) is 0 Å². The Morgan fingerprint density at radius 3 is 2.81 bits per heavy atom. The van der Waals surface area contributed by atoms with Crippen LogP contribution in [0.25, 0.3) is 0 Å².